The SMILES string of the molecule is CCn1cc(-c2cc(C(F)F)nc3sc(C(N)=O)c(NC(=O)Cn4cc(C)cn4)c23)c(C)n1. The zero-order chi connectivity index (χ0) is 23.9. The summed E-state index contributed by atoms with van der Waals surface area (Å²) in [7, 11) is 0. The molecular formula is C21H21F2N7O2S. The van der Waals surface area contributed by atoms with E-state index in [1.165, 1.54) is 10.7 Å². The van der Waals surface area contributed by atoms with Crippen LogP contribution in [0.4, 0.5) is 14.5 Å². The Kier molecular flexibility index (Phi) is 5.93. The van der Waals surface area contributed by atoms with Crippen molar-refractivity contribution < 1.29 is 18.4 Å². The summed E-state index contributed by atoms with van der Waals surface area (Å²) in [5.74, 6) is -1.25. The van der Waals surface area contributed by atoms with E-state index in [2.05, 4.69) is 20.5 Å². The number of aryl methyl sites for hydroxylation is 3. The smallest absolute Gasteiger partial charge is 0.280 e. The first-order valence-electron chi connectivity index (χ1n) is 10.1. The summed E-state index contributed by atoms with van der Waals surface area (Å²) >= 11 is 0.860. The molecule has 0 saturated heterocycles. The lowest BCUT2D eigenvalue weighted by Gasteiger charge is -2.10. The third kappa shape index (κ3) is 4.33. The minimum absolute atomic E-state index is 0.0238. The van der Waals surface area contributed by atoms with Crippen LogP contribution in [0.5, 0.6) is 0 Å². The number of carbonyl (C=O) groups excluding carboxylic acids is 2. The Hall–Kier alpha value is -3.67. The second-order valence-electron chi connectivity index (χ2n) is 7.49. The maximum absolute atomic E-state index is 13.6. The number of nitrogens with two attached hydrogens (primary N) is 1. The Morgan fingerprint density at radius 2 is 1.97 bits per heavy atom. The first kappa shape index (κ1) is 22.5. The number of fused-ring (bicyclic) bond motifs is 1. The number of nitrogens with zero attached hydrogens (tertiary/aromatic N) is 5. The second kappa shape index (κ2) is 8.70. The predicted molar refractivity (Wildman–Crippen MR) is 120 cm³/mol. The fourth-order valence-corrected chi connectivity index (χ4v) is 4.57. The Morgan fingerprint density at radius 3 is 2.55 bits per heavy atom. The largest absolute Gasteiger partial charge is 0.365 e. The van der Waals surface area contributed by atoms with Crippen molar-refractivity contribution in [2.24, 2.45) is 5.73 Å². The fraction of sp³-hybridized carbons (Fsp3) is 0.286. The van der Waals surface area contributed by atoms with E-state index in [0.717, 1.165) is 16.9 Å². The lowest BCUT2D eigenvalue weighted by molar-refractivity contribution is -0.116. The van der Waals surface area contributed by atoms with Gasteiger partial charge in [-0.15, -0.1) is 11.3 Å². The average molecular weight is 474 g/mol. The number of pyridine rings is 1. The number of primary amides is 1. The molecule has 172 valence electrons. The third-order valence-corrected chi connectivity index (χ3v) is 6.12. The van der Waals surface area contributed by atoms with E-state index in [0.29, 0.717) is 28.8 Å². The Balaban J connectivity index is 1.90. The first-order valence-corrected chi connectivity index (χ1v) is 10.9. The van der Waals surface area contributed by atoms with E-state index in [4.69, 9.17) is 5.73 Å². The number of thiophene rings is 1. The Morgan fingerprint density at radius 1 is 1.21 bits per heavy atom. The number of anilines is 1. The lowest BCUT2D eigenvalue weighted by Crippen LogP contribution is -2.21. The van der Waals surface area contributed by atoms with Crippen LogP contribution in [0, 0.1) is 13.8 Å². The molecule has 0 unspecified atom stereocenters. The van der Waals surface area contributed by atoms with Crippen molar-refractivity contribution in [3.63, 3.8) is 0 Å². The van der Waals surface area contributed by atoms with Gasteiger partial charge in [0.1, 0.15) is 21.9 Å². The molecule has 4 aromatic rings. The molecule has 0 aliphatic rings. The highest BCUT2D eigenvalue weighted by Gasteiger charge is 2.26. The zero-order valence-corrected chi connectivity index (χ0v) is 18.9. The van der Waals surface area contributed by atoms with Gasteiger partial charge in [0.2, 0.25) is 5.91 Å². The highest BCUT2D eigenvalue weighted by molar-refractivity contribution is 7.21. The lowest BCUT2D eigenvalue weighted by atomic mass is 10.0. The molecule has 2 amide bonds. The minimum atomic E-state index is -2.82. The van der Waals surface area contributed by atoms with Crippen molar-refractivity contribution in [2.45, 2.75) is 40.3 Å². The summed E-state index contributed by atoms with van der Waals surface area (Å²) in [4.78, 5) is 29.2. The molecule has 4 heterocycles. The molecule has 0 spiro atoms. The van der Waals surface area contributed by atoms with Crippen LogP contribution in [0.1, 0.15) is 40.0 Å². The predicted octanol–water partition coefficient (Wildman–Crippen LogP) is 3.67. The number of rotatable bonds is 7. The number of carbonyl (C=O) groups is 2. The van der Waals surface area contributed by atoms with Gasteiger partial charge in [0, 0.05) is 29.9 Å². The van der Waals surface area contributed by atoms with E-state index in [1.54, 1.807) is 30.2 Å². The molecule has 0 radical (unpaired) electrons. The molecule has 4 rings (SSSR count). The molecule has 0 saturated carbocycles. The second-order valence-corrected chi connectivity index (χ2v) is 8.49. The summed E-state index contributed by atoms with van der Waals surface area (Å²) in [5.41, 5.74) is 7.75. The molecule has 0 atom stereocenters. The molecule has 9 nitrogen and oxygen atoms in total. The van der Waals surface area contributed by atoms with E-state index in [-0.39, 0.29) is 21.9 Å². The van der Waals surface area contributed by atoms with Gasteiger partial charge >= 0.3 is 0 Å². The van der Waals surface area contributed by atoms with E-state index in [1.807, 2.05) is 13.8 Å². The summed E-state index contributed by atoms with van der Waals surface area (Å²) < 4.78 is 30.4. The van der Waals surface area contributed by atoms with Crippen molar-refractivity contribution in [3.05, 3.63) is 46.5 Å². The molecule has 0 aliphatic carbocycles. The summed E-state index contributed by atoms with van der Waals surface area (Å²) in [6.45, 7) is 5.99. The average Bonchev–Trinajstić information content (AvgIpc) is 3.44. The standard InChI is InChI=1S/C21H21F2N7O2S/c1-4-29-8-13(11(3)28-29)12-5-14(19(22)23)26-21-16(12)17(18(33-21)20(24)32)27-15(31)9-30-7-10(2)6-25-30/h5-8,19H,4,9H2,1-3H3,(H2,24,32)(H,27,31). The normalized spacial score (nSPS) is 11.5. The van der Waals surface area contributed by atoms with Gasteiger partial charge in [-0.05, 0) is 38.0 Å². The number of aromatic nitrogens is 5. The van der Waals surface area contributed by atoms with Crippen LogP contribution in [0.2, 0.25) is 0 Å². The van der Waals surface area contributed by atoms with Gasteiger partial charge in [0.05, 0.1) is 17.6 Å². The number of hydrogen-bond acceptors (Lipinski definition) is 6. The van der Waals surface area contributed by atoms with Crippen molar-refractivity contribution >= 4 is 39.1 Å². The van der Waals surface area contributed by atoms with Gasteiger partial charge in [0.15, 0.2) is 0 Å². The molecule has 12 heteroatoms. The van der Waals surface area contributed by atoms with Crippen molar-refractivity contribution in [2.75, 3.05) is 5.32 Å². The number of halogens is 2. The molecule has 33 heavy (non-hydrogen) atoms. The first-order chi connectivity index (χ1) is 15.7. The van der Waals surface area contributed by atoms with Crippen LogP contribution >= 0.6 is 11.3 Å². The number of amides is 2. The topological polar surface area (TPSA) is 121 Å². The van der Waals surface area contributed by atoms with Crippen molar-refractivity contribution in [1.29, 1.82) is 0 Å². The van der Waals surface area contributed by atoms with Crippen LogP contribution in [0.3, 0.4) is 0 Å². The highest BCUT2D eigenvalue weighted by atomic mass is 32.1. The van der Waals surface area contributed by atoms with Gasteiger partial charge in [-0.3, -0.25) is 19.0 Å². The molecule has 0 aliphatic heterocycles. The van der Waals surface area contributed by atoms with Gasteiger partial charge in [0.25, 0.3) is 12.3 Å². The molecule has 4 aromatic heterocycles. The molecule has 0 bridgehead atoms. The van der Waals surface area contributed by atoms with E-state index >= 15 is 0 Å². The molecular weight excluding hydrogens is 452 g/mol. The number of nitrogens with one attached hydrogen (secondary N) is 1. The molecule has 0 fully saturated rings. The van der Waals surface area contributed by atoms with Crippen molar-refractivity contribution in [1.82, 2.24) is 24.5 Å². The van der Waals surface area contributed by atoms with Gasteiger partial charge in [-0.25, -0.2) is 13.8 Å². The van der Waals surface area contributed by atoms with Crippen LogP contribution in [0.15, 0.2) is 24.7 Å². The summed E-state index contributed by atoms with van der Waals surface area (Å²) in [6.07, 6.45) is 2.23. The minimum Gasteiger partial charge on any atom is -0.365 e. The third-order valence-electron chi connectivity index (χ3n) is 5.02. The summed E-state index contributed by atoms with van der Waals surface area (Å²) in [5, 5.41) is 11.6. The van der Waals surface area contributed by atoms with E-state index < -0.39 is 23.9 Å². The van der Waals surface area contributed by atoms with Crippen LogP contribution < -0.4 is 11.1 Å². The summed E-state index contributed by atoms with van der Waals surface area (Å²) in [6, 6.07) is 1.26. The molecule has 3 N–H and O–H groups in total. The van der Waals surface area contributed by atoms with Gasteiger partial charge in [-0.2, -0.15) is 10.2 Å². The maximum Gasteiger partial charge on any atom is 0.280 e. The number of hydrogen-bond donors (Lipinski definition) is 2. The highest BCUT2D eigenvalue weighted by Crippen LogP contribution is 2.43. The van der Waals surface area contributed by atoms with Crippen molar-refractivity contribution in [3.8, 4) is 11.1 Å². The van der Waals surface area contributed by atoms with Crippen LogP contribution in [-0.4, -0.2) is 36.4 Å². The zero-order valence-electron chi connectivity index (χ0n) is 18.1. The monoisotopic (exact) mass is 473 g/mol. The van der Waals surface area contributed by atoms with Gasteiger partial charge < -0.3 is 11.1 Å². The van der Waals surface area contributed by atoms with Gasteiger partial charge in [-0.1, -0.05) is 0 Å². The van der Waals surface area contributed by atoms with E-state index in [9.17, 15) is 18.4 Å². The van der Waals surface area contributed by atoms with Crippen LogP contribution in [0.25, 0.3) is 21.3 Å². The Bertz CT molecular complexity index is 1370. The number of alkyl halides is 2. The fourth-order valence-electron chi connectivity index (χ4n) is 3.56. The van der Waals surface area contributed by atoms with Crippen LogP contribution in [-0.2, 0) is 17.9 Å². The Labute approximate surface area is 191 Å². The maximum atomic E-state index is 13.6. The quantitative estimate of drug-likeness (QED) is 0.424. The molecule has 0 aromatic carbocycles.